The average Bonchev–Trinajstić information content (AvgIpc) is 2.80. The zero-order valence-corrected chi connectivity index (χ0v) is 13.5. The van der Waals surface area contributed by atoms with Crippen molar-refractivity contribution >= 4 is 15.7 Å². The smallest absolute Gasteiger partial charge is 0.223 e. The lowest BCUT2D eigenvalue weighted by Gasteiger charge is -2.28. The molecule has 0 bridgehead atoms. The highest BCUT2D eigenvalue weighted by Gasteiger charge is 2.34. The molecule has 1 aliphatic heterocycles. The summed E-state index contributed by atoms with van der Waals surface area (Å²) in [4.78, 5) is 14.2. The Morgan fingerprint density at radius 2 is 2.00 bits per heavy atom. The number of rotatable bonds is 5. The van der Waals surface area contributed by atoms with Gasteiger partial charge in [0, 0.05) is 19.0 Å². The molecule has 0 N–H and O–H groups in total. The third-order valence-electron chi connectivity index (χ3n) is 4.16. The summed E-state index contributed by atoms with van der Waals surface area (Å²) < 4.78 is 23.2. The lowest BCUT2D eigenvalue weighted by atomic mass is 9.97. The van der Waals surface area contributed by atoms with Crippen LogP contribution in [0.5, 0.6) is 0 Å². The van der Waals surface area contributed by atoms with Crippen molar-refractivity contribution in [3.05, 3.63) is 35.9 Å². The van der Waals surface area contributed by atoms with E-state index in [9.17, 15) is 13.2 Å². The van der Waals surface area contributed by atoms with Crippen LogP contribution in [0.25, 0.3) is 0 Å². The fraction of sp³-hybridized carbons (Fsp3) is 0.562. The minimum atomic E-state index is -2.96. The fourth-order valence-corrected chi connectivity index (χ4v) is 4.67. The third kappa shape index (κ3) is 4.06. The number of nitrogens with zero attached hydrogens (tertiary/aromatic N) is 1. The third-order valence-corrected chi connectivity index (χ3v) is 5.91. The van der Waals surface area contributed by atoms with Gasteiger partial charge in [-0.3, -0.25) is 4.79 Å². The molecule has 1 aromatic carbocycles. The summed E-state index contributed by atoms with van der Waals surface area (Å²) in [7, 11) is -2.96. The Bertz CT molecular complexity index is 583. The van der Waals surface area contributed by atoms with Crippen LogP contribution in [0.3, 0.4) is 0 Å². The van der Waals surface area contributed by atoms with Gasteiger partial charge in [-0.1, -0.05) is 37.3 Å². The topological polar surface area (TPSA) is 54.5 Å². The van der Waals surface area contributed by atoms with Gasteiger partial charge in [0.2, 0.25) is 5.91 Å². The molecule has 0 radical (unpaired) electrons. The summed E-state index contributed by atoms with van der Waals surface area (Å²) >= 11 is 0. The Balaban J connectivity index is 2.01. The van der Waals surface area contributed by atoms with Gasteiger partial charge in [-0.05, 0) is 24.8 Å². The molecule has 0 aliphatic carbocycles. The van der Waals surface area contributed by atoms with E-state index in [4.69, 9.17) is 0 Å². The summed E-state index contributed by atoms with van der Waals surface area (Å²) in [5.74, 6) is 0.517. The molecule has 0 saturated carbocycles. The summed E-state index contributed by atoms with van der Waals surface area (Å²) in [6.45, 7) is 4.52. The van der Waals surface area contributed by atoms with E-state index < -0.39 is 9.84 Å². The predicted octanol–water partition coefficient (Wildman–Crippen LogP) is 2.22. The van der Waals surface area contributed by atoms with Crippen molar-refractivity contribution in [1.82, 2.24) is 4.90 Å². The van der Waals surface area contributed by atoms with Crippen LogP contribution in [-0.2, 0) is 14.6 Å². The second-order valence-corrected chi connectivity index (χ2v) is 7.98. The van der Waals surface area contributed by atoms with Crippen molar-refractivity contribution in [3.63, 3.8) is 0 Å². The van der Waals surface area contributed by atoms with Crippen LogP contribution in [0.2, 0.25) is 0 Å². The molecule has 0 spiro atoms. The molecule has 116 valence electrons. The maximum Gasteiger partial charge on any atom is 0.223 e. The second kappa shape index (κ2) is 6.60. The van der Waals surface area contributed by atoms with Gasteiger partial charge in [-0.25, -0.2) is 8.42 Å². The van der Waals surface area contributed by atoms with Gasteiger partial charge >= 0.3 is 0 Å². The number of benzene rings is 1. The molecule has 2 rings (SSSR count). The van der Waals surface area contributed by atoms with Crippen LogP contribution in [-0.4, -0.2) is 43.3 Å². The van der Waals surface area contributed by atoms with Gasteiger partial charge in [0.15, 0.2) is 9.84 Å². The van der Waals surface area contributed by atoms with Crippen LogP contribution < -0.4 is 0 Å². The molecule has 1 fully saturated rings. The summed E-state index contributed by atoms with van der Waals surface area (Å²) in [6.07, 6.45) is 0.996. The van der Waals surface area contributed by atoms with Gasteiger partial charge in [0.1, 0.15) is 0 Å². The second-order valence-electron chi connectivity index (χ2n) is 5.75. The van der Waals surface area contributed by atoms with Crippen molar-refractivity contribution in [2.24, 2.45) is 0 Å². The summed E-state index contributed by atoms with van der Waals surface area (Å²) in [6, 6.07) is 9.80. The predicted molar refractivity (Wildman–Crippen MR) is 83.9 cm³/mol. The summed E-state index contributed by atoms with van der Waals surface area (Å²) in [5, 5.41) is 0. The zero-order valence-electron chi connectivity index (χ0n) is 12.7. The zero-order chi connectivity index (χ0) is 15.5. The Hall–Kier alpha value is -1.36. The Morgan fingerprint density at radius 1 is 1.33 bits per heavy atom. The first kappa shape index (κ1) is 16.0. The molecular weight excluding hydrogens is 286 g/mol. The molecule has 1 heterocycles. The van der Waals surface area contributed by atoms with Crippen LogP contribution in [0.15, 0.2) is 30.3 Å². The van der Waals surface area contributed by atoms with E-state index in [0.29, 0.717) is 19.4 Å². The molecule has 0 aromatic heterocycles. The number of carbonyl (C=O) groups is 1. The van der Waals surface area contributed by atoms with Crippen molar-refractivity contribution < 1.29 is 13.2 Å². The maximum atomic E-state index is 12.5. The van der Waals surface area contributed by atoms with E-state index in [0.717, 1.165) is 5.56 Å². The van der Waals surface area contributed by atoms with E-state index >= 15 is 0 Å². The SMILES string of the molecule is CCN(C(=O)CC(C)c1ccccc1)C1CCS(=O)(=O)C1. The van der Waals surface area contributed by atoms with E-state index in [1.807, 2.05) is 44.2 Å². The highest BCUT2D eigenvalue weighted by molar-refractivity contribution is 7.91. The molecule has 2 atom stereocenters. The summed E-state index contributed by atoms with van der Waals surface area (Å²) in [5.41, 5.74) is 1.14. The Kier molecular flexibility index (Phi) is 5.04. The van der Waals surface area contributed by atoms with Crippen molar-refractivity contribution in [2.75, 3.05) is 18.1 Å². The lowest BCUT2D eigenvalue weighted by Crippen LogP contribution is -2.41. The molecule has 1 saturated heterocycles. The fourth-order valence-electron chi connectivity index (χ4n) is 2.94. The molecule has 1 aromatic rings. The molecule has 1 aliphatic rings. The number of sulfone groups is 1. The largest absolute Gasteiger partial charge is 0.339 e. The van der Waals surface area contributed by atoms with E-state index in [1.54, 1.807) is 4.90 Å². The Labute approximate surface area is 127 Å². The van der Waals surface area contributed by atoms with Crippen LogP contribution >= 0.6 is 0 Å². The van der Waals surface area contributed by atoms with Crippen LogP contribution in [0.4, 0.5) is 0 Å². The minimum absolute atomic E-state index is 0.0518. The number of hydrogen-bond donors (Lipinski definition) is 0. The molecule has 21 heavy (non-hydrogen) atoms. The normalized spacial score (nSPS) is 21.9. The maximum absolute atomic E-state index is 12.5. The Morgan fingerprint density at radius 3 is 2.52 bits per heavy atom. The highest BCUT2D eigenvalue weighted by Crippen LogP contribution is 2.23. The van der Waals surface area contributed by atoms with Crippen LogP contribution in [0.1, 0.15) is 38.2 Å². The molecule has 1 amide bonds. The van der Waals surface area contributed by atoms with Crippen LogP contribution in [0, 0.1) is 0 Å². The van der Waals surface area contributed by atoms with Gasteiger partial charge in [0.25, 0.3) is 0 Å². The van der Waals surface area contributed by atoms with Gasteiger partial charge in [0.05, 0.1) is 11.5 Å². The quantitative estimate of drug-likeness (QED) is 0.838. The first-order valence-electron chi connectivity index (χ1n) is 7.47. The van der Waals surface area contributed by atoms with Crippen molar-refractivity contribution in [3.8, 4) is 0 Å². The first-order chi connectivity index (χ1) is 9.93. The minimum Gasteiger partial charge on any atom is -0.339 e. The molecule has 2 unspecified atom stereocenters. The number of hydrogen-bond acceptors (Lipinski definition) is 3. The monoisotopic (exact) mass is 309 g/mol. The lowest BCUT2D eigenvalue weighted by molar-refractivity contribution is -0.133. The molecule has 4 nitrogen and oxygen atoms in total. The van der Waals surface area contributed by atoms with Gasteiger partial charge in [-0.2, -0.15) is 0 Å². The van der Waals surface area contributed by atoms with Gasteiger partial charge in [-0.15, -0.1) is 0 Å². The van der Waals surface area contributed by atoms with E-state index in [1.165, 1.54) is 0 Å². The van der Waals surface area contributed by atoms with Crippen molar-refractivity contribution in [2.45, 2.75) is 38.6 Å². The van der Waals surface area contributed by atoms with Gasteiger partial charge < -0.3 is 4.90 Å². The molecular formula is C16H23NO3S. The standard InChI is InChI=1S/C16H23NO3S/c1-3-17(15-9-10-21(19,20)12-15)16(18)11-13(2)14-7-5-4-6-8-14/h4-8,13,15H,3,9-12H2,1-2H3. The molecule has 5 heteroatoms. The number of carbonyl (C=O) groups excluding carboxylic acids is 1. The van der Waals surface area contributed by atoms with Crippen molar-refractivity contribution in [1.29, 1.82) is 0 Å². The van der Waals surface area contributed by atoms with E-state index in [2.05, 4.69) is 0 Å². The van der Waals surface area contributed by atoms with E-state index in [-0.39, 0.29) is 29.4 Å². The first-order valence-corrected chi connectivity index (χ1v) is 9.30. The highest BCUT2D eigenvalue weighted by atomic mass is 32.2. The number of amides is 1. The average molecular weight is 309 g/mol.